The third kappa shape index (κ3) is 3.12. The summed E-state index contributed by atoms with van der Waals surface area (Å²) in [6.07, 6.45) is 8.25. The fourth-order valence-corrected chi connectivity index (χ4v) is 5.24. The van der Waals surface area contributed by atoms with Gasteiger partial charge < -0.3 is 5.73 Å². The molecule has 1 aliphatic carbocycles. The molecule has 3 rings (SSSR count). The zero-order valence-electron chi connectivity index (χ0n) is 14.9. The zero-order valence-corrected chi connectivity index (χ0v) is 15.7. The van der Waals surface area contributed by atoms with E-state index in [4.69, 9.17) is 5.73 Å². The second-order valence-electron chi connectivity index (χ2n) is 6.89. The maximum Gasteiger partial charge on any atom is 0.0703 e. The summed E-state index contributed by atoms with van der Waals surface area (Å²) < 4.78 is 0. The molecular formula is C22H27NS. The summed E-state index contributed by atoms with van der Waals surface area (Å²) in [6, 6.07) is 8.84. The standard InChI is InChI=1S/C22H27NS/c1-5-6-10-18-17(16-9-7-8-15(4)13-16)11-12-19-20(14(2)3)22(23)24-21(18)19/h7-9,11-13,19,21H,2,5-6,10,23H2,1,3-4H3. The monoisotopic (exact) mass is 337 g/mol. The van der Waals surface area contributed by atoms with E-state index in [0.717, 1.165) is 17.0 Å². The number of thioether (sulfide) groups is 1. The van der Waals surface area contributed by atoms with E-state index < -0.39 is 0 Å². The Hall–Kier alpha value is -1.67. The van der Waals surface area contributed by atoms with Crippen molar-refractivity contribution in [2.75, 3.05) is 0 Å². The highest BCUT2D eigenvalue weighted by Gasteiger charge is 2.38. The molecule has 0 fully saturated rings. The largest absolute Gasteiger partial charge is 0.393 e. The quantitative estimate of drug-likeness (QED) is 0.714. The van der Waals surface area contributed by atoms with Crippen molar-refractivity contribution in [3.8, 4) is 0 Å². The Kier molecular flexibility index (Phi) is 5.05. The van der Waals surface area contributed by atoms with Crippen molar-refractivity contribution in [2.45, 2.75) is 45.3 Å². The number of benzene rings is 1. The Morgan fingerprint density at radius 1 is 1.33 bits per heavy atom. The van der Waals surface area contributed by atoms with Crippen LogP contribution in [0.3, 0.4) is 0 Å². The maximum absolute atomic E-state index is 6.36. The minimum Gasteiger partial charge on any atom is -0.393 e. The highest BCUT2D eigenvalue weighted by Crippen LogP contribution is 2.51. The van der Waals surface area contributed by atoms with Crippen molar-refractivity contribution >= 4 is 17.3 Å². The van der Waals surface area contributed by atoms with Crippen molar-refractivity contribution in [3.05, 3.63) is 75.9 Å². The molecule has 2 atom stereocenters. The van der Waals surface area contributed by atoms with E-state index in [9.17, 15) is 0 Å². The molecule has 0 radical (unpaired) electrons. The third-order valence-corrected chi connectivity index (χ3v) is 6.23. The van der Waals surface area contributed by atoms with Crippen LogP contribution < -0.4 is 5.73 Å². The van der Waals surface area contributed by atoms with E-state index in [2.05, 4.69) is 63.8 Å². The topological polar surface area (TPSA) is 26.0 Å². The summed E-state index contributed by atoms with van der Waals surface area (Å²) in [6.45, 7) is 10.6. The van der Waals surface area contributed by atoms with Crippen molar-refractivity contribution in [1.29, 1.82) is 0 Å². The van der Waals surface area contributed by atoms with Gasteiger partial charge in [-0.1, -0.05) is 79.2 Å². The Morgan fingerprint density at radius 2 is 2.12 bits per heavy atom. The third-order valence-electron chi connectivity index (χ3n) is 4.93. The predicted octanol–water partition coefficient (Wildman–Crippen LogP) is 5.99. The Balaban J connectivity index is 2.04. The average molecular weight is 338 g/mol. The van der Waals surface area contributed by atoms with Gasteiger partial charge in [0, 0.05) is 11.2 Å². The molecule has 0 saturated heterocycles. The van der Waals surface area contributed by atoms with E-state index >= 15 is 0 Å². The van der Waals surface area contributed by atoms with Crippen LogP contribution >= 0.6 is 11.8 Å². The van der Waals surface area contributed by atoms with Gasteiger partial charge >= 0.3 is 0 Å². The van der Waals surface area contributed by atoms with Gasteiger partial charge in [-0.3, -0.25) is 0 Å². The summed E-state index contributed by atoms with van der Waals surface area (Å²) >= 11 is 1.83. The van der Waals surface area contributed by atoms with Crippen LogP contribution in [0.25, 0.3) is 5.57 Å². The first-order chi connectivity index (χ1) is 11.5. The highest BCUT2D eigenvalue weighted by atomic mass is 32.2. The van der Waals surface area contributed by atoms with Crippen LogP contribution in [0.5, 0.6) is 0 Å². The molecule has 0 amide bonds. The molecule has 2 unspecified atom stereocenters. The first-order valence-corrected chi connectivity index (χ1v) is 9.71. The Bertz CT molecular complexity index is 751. The van der Waals surface area contributed by atoms with Gasteiger partial charge in [0.2, 0.25) is 0 Å². The van der Waals surface area contributed by atoms with Crippen LogP contribution in [0.15, 0.2) is 64.7 Å². The maximum atomic E-state index is 6.36. The van der Waals surface area contributed by atoms with Gasteiger partial charge in [0.25, 0.3) is 0 Å². The SMILES string of the molecule is C=C(C)C1=C(N)SC2C(CCCC)=C(c3cccc(C)c3)C=CC12. The number of fused-ring (bicyclic) bond motifs is 1. The molecule has 1 aromatic rings. The van der Waals surface area contributed by atoms with Gasteiger partial charge in [-0.2, -0.15) is 0 Å². The lowest BCUT2D eigenvalue weighted by Gasteiger charge is -2.28. The van der Waals surface area contributed by atoms with Gasteiger partial charge in [-0.05, 0) is 49.0 Å². The first kappa shape index (κ1) is 17.2. The summed E-state index contributed by atoms with van der Waals surface area (Å²) in [4.78, 5) is 0. The molecule has 0 aromatic heterocycles. The molecule has 126 valence electrons. The van der Waals surface area contributed by atoms with Crippen LogP contribution in [-0.4, -0.2) is 5.25 Å². The molecule has 2 aliphatic rings. The van der Waals surface area contributed by atoms with E-state index in [-0.39, 0.29) is 0 Å². The molecule has 1 nitrogen and oxygen atoms in total. The lowest BCUT2D eigenvalue weighted by atomic mass is 9.79. The lowest BCUT2D eigenvalue weighted by molar-refractivity contribution is 0.705. The van der Waals surface area contributed by atoms with Crippen LogP contribution in [0.1, 0.15) is 44.2 Å². The lowest BCUT2D eigenvalue weighted by Crippen LogP contribution is -2.20. The van der Waals surface area contributed by atoms with Crippen LogP contribution in [0.4, 0.5) is 0 Å². The minimum absolute atomic E-state index is 0.382. The minimum atomic E-state index is 0.382. The van der Waals surface area contributed by atoms with E-state index in [1.54, 1.807) is 5.57 Å². The molecule has 2 heteroatoms. The Morgan fingerprint density at radius 3 is 2.79 bits per heavy atom. The summed E-state index contributed by atoms with van der Waals surface area (Å²) in [5.74, 6) is 0.382. The number of aryl methyl sites for hydroxylation is 1. The molecule has 0 saturated carbocycles. The molecule has 24 heavy (non-hydrogen) atoms. The number of hydrogen-bond donors (Lipinski definition) is 1. The summed E-state index contributed by atoms with van der Waals surface area (Å²) in [5.41, 5.74) is 14.3. The molecule has 1 heterocycles. The summed E-state index contributed by atoms with van der Waals surface area (Å²) in [7, 11) is 0. The van der Waals surface area contributed by atoms with Crippen molar-refractivity contribution in [1.82, 2.24) is 0 Å². The van der Waals surface area contributed by atoms with Crippen molar-refractivity contribution in [3.63, 3.8) is 0 Å². The molecule has 1 aliphatic heterocycles. The second-order valence-corrected chi connectivity index (χ2v) is 8.08. The summed E-state index contributed by atoms with van der Waals surface area (Å²) in [5, 5.41) is 1.39. The zero-order chi connectivity index (χ0) is 17.3. The predicted molar refractivity (Wildman–Crippen MR) is 108 cm³/mol. The number of nitrogens with two attached hydrogens (primary N) is 1. The van der Waals surface area contributed by atoms with Gasteiger partial charge in [0.15, 0.2) is 0 Å². The normalized spacial score (nSPS) is 23.0. The number of rotatable bonds is 5. The molecule has 0 bridgehead atoms. The van der Waals surface area contributed by atoms with Gasteiger partial charge in [0.1, 0.15) is 0 Å². The van der Waals surface area contributed by atoms with Gasteiger partial charge in [0.05, 0.1) is 5.03 Å². The van der Waals surface area contributed by atoms with E-state index in [0.29, 0.717) is 11.2 Å². The van der Waals surface area contributed by atoms with Crippen molar-refractivity contribution in [2.24, 2.45) is 11.7 Å². The number of hydrogen-bond acceptors (Lipinski definition) is 2. The molecular weight excluding hydrogens is 310 g/mol. The molecule has 2 N–H and O–H groups in total. The number of unbranched alkanes of at least 4 members (excludes halogenated alkanes) is 1. The van der Waals surface area contributed by atoms with Crippen LogP contribution in [0.2, 0.25) is 0 Å². The second kappa shape index (κ2) is 7.06. The number of allylic oxidation sites excluding steroid dienone is 5. The van der Waals surface area contributed by atoms with Gasteiger partial charge in [-0.15, -0.1) is 0 Å². The first-order valence-electron chi connectivity index (χ1n) is 8.83. The van der Waals surface area contributed by atoms with Crippen LogP contribution in [0, 0.1) is 12.8 Å². The average Bonchev–Trinajstić information content (AvgIpc) is 2.88. The van der Waals surface area contributed by atoms with Crippen LogP contribution in [-0.2, 0) is 0 Å². The highest BCUT2D eigenvalue weighted by molar-refractivity contribution is 8.04. The van der Waals surface area contributed by atoms with Crippen molar-refractivity contribution < 1.29 is 0 Å². The van der Waals surface area contributed by atoms with E-state index in [1.165, 1.54) is 35.1 Å². The fraction of sp³-hybridized carbons (Fsp3) is 0.364. The van der Waals surface area contributed by atoms with E-state index in [1.807, 2.05) is 11.8 Å². The fourth-order valence-electron chi connectivity index (χ4n) is 3.77. The van der Waals surface area contributed by atoms with Gasteiger partial charge in [-0.25, -0.2) is 0 Å². The molecule has 1 aromatic carbocycles. The molecule has 0 spiro atoms. The Labute approximate surface area is 150 Å². The smallest absolute Gasteiger partial charge is 0.0703 e.